The fourth-order valence-electron chi connectivity index (χ4n) is 1.23. The van der Waals surface area contributed by atoms with Crippen molar-refractivity contribution >= 4 is 16.5 Å². The topological polar surface area (TPSA) is 47.0 Å². The van der Waals surface area contributed by atoms with Gasteiger partial charge in [0, 0.05) is 18.6 Å². The van der Waals surface area contributed by atoms with Crippen LogP contribution in [-0.4, -0.2) is 22.7 Å². The molecule has 0 atom stereocenters. The second-order valence-electron chi connectivity index (χ2n) is 3.16. The summed E-state index contributed by atoms with van der Waals surface area (Å²) in [5, 5.41) is 8.06. The van der Waals surface area contributed by atoms with Crippen molar-refractivity contribution < 1.29 is 4.74 Å². The first kappa shape index (κ1) is 8.90. The largest absolute Gasteiger partial charge is 0.377 e. The highest BCUT2D eigenvalue weighted by molar-refractivity contribution is 7.10. The molecule has 1 aromatic heterocycles. The van der Waals surface area contributed by atoms with E-state index in [1.807, 2.05) is 7.05 Å². The Balaban J connectivity index is 1.85. The predicted molar refractivity (Wildman–Crippen MR) is 51.9 cm³/mol. The van der Waals surface area contributed by atoms with E-state index in [-0.39, 0.29) is 0 Å². The molecule has 1 saturated carbocycles. The normalized spacial score (nSPS) is 17.0. The summed E-state index contributed by atoms with van der Waals surface area (Å²) in [4.78, 5) is 0. The van der Waals surface area contributed by atoms with Gasteiger partial charge in [-0.3, -0.25) is 0 Å². The maximum absolute atomic E-state index is 5.63. The Bertz CT molecular complexity index is 272. The number of ether oxygens (including phenoxy) is 1. The van der Waals surface area contributed by atoms with Gasteiger partial charge in [0.2, 0.25) is 0 Å². The molecule has 0 spiro atoms. The molecule has 1 aromatic rings. The first-order chi connectivity index (χ1) is 6.40. The van der Waals surface area contributed by atoms with Gasteiger partial charge >= 0.3 is 0 Å². The van der Waals surface area contributed by atoms with Gasteiger partial charge < -0.3 is 10.1 Å². The van der Waals surface area contributed by atoms with Gasteiger partial charge in [-0.05, 0) is 19.3 Å². The van der Waals surface area contributed by atoms with Crippen LogP contribution in [0.5, 0.6) is 0 Å². The Morgan fingerprint density at radius 1 is 1.62 bits per heavy atom. The SMILES string of the molecule is CNc1snnc1COC1CCC1. The van der Waals surface area contributed by atoms with Gasteiger partial charge in [0.25, 0.3) is 0 Å². The molecular weight excluding hydrogens is 186 g/mol. The van der Waals surface area contributed by atoms with E-state index in [1.165, 1.54) is 30.8 Å². The average molecular weight is 199 g/mol. The second kappa shape index (κ2) is 4.02. The van der Waals surface area contributed by atoms with E-state index in [9.17, 15) is 0 Å². The molecule has 2 rings (SSSR count). The predicted octanol–water partition coefficient (Wildman–Crippen LogP) is 1.65. The minimum atomic E-state index is 0.464. The summed E-state index contributed by atoms with van der Waals surface area (Å²) < 4.78 is 9.49. The van der Waals surface area contributed by atoms with E-state index in [2.05, 4.69) is 14.9 Å². The number of hydrogen-bond donors (Lipinski definition) is 1. The molecule has 0 saturated heterocycles. The lowest BCUT2D eigenvalue weighted by Gasteiger charge is -2.25. The maximum Gasteiger partial charge on any atom is 0.135 e. The van der Waals surface area contributed by atoms with Crippen LogP contribution in [0.25, 0.3) is 0 Å². The van der Waals surface area contributed by atoms with Crippen molar-refractivity contribution in [2.75, 3.05) is 12.4 Å². The molecule has 0 radical (unpaired) electrons. The molecule has 0 unspecified atom stereocenters. The smallest absolute Gasteiger partial charge is 0.135 e. The van der Waals surface area contributed by atoms with Gasteiger partial charge in [-0.2, -0.15) is 0 Å². The Labute approximate surface area is 81.5 Å². The van der Waals surface area contributed by atoms with E-state index in [0.29, 0.717) is 12.7 Å². The molecule has 4 nitrogen and oxygen atoms in total. The van der Waals surface area contributed by atoms with Gasteiger partial charge in [0.15, 0.2) is 0 Å². The summed E-state index contributed by atoms with van der Waals surface area (Å²) >= 11 is 1.37. The molecule has 0 amide bonds. The lowest BCUT2D eigenvalue weighted by atomic mass is 9.96. The van der Waals surface area contributed by atoms with Gasteiger partial charge in [0.05, 0.1) is 12.7 Å². The van der Waals surface area contributed by atoms with E-state index in [1.54, 1.807) is 0 Å². The molecule has 1 fully saturated rings. The lowest BCUT2D eigenvalue weighted by molar-refractivity contribution is -0.00985. The summed E-state index contributed by atoms with van der Waals surface area (Å²) in [5.74, 6) is 0. The van der Waals surface area contributed by atoms with E-state index >= 15 is 0 Å². The van der Waals surface area contributed by atoms with Crippen LogP contribution >= 0.6 is 11.5 Å². The first-order valence-corrected chi connectivity index (χ1v) is 5.28. The highest BCUT2D eigenvalue weighted by Crippen LogP contribution is 2.24. The summed E-state index contributed by atoms with van der Waals surface area (Å²) in [7, 11) is 1.88. The van der Waals surface area contributed by atoms with Crippen LogP contribution in [0, 0.1) is 0 Å². The van der Waals surface area contributed by atoms with Crippen LogP contribution in [0.15, 0.2) is 0 Å². The minimum Gasteiger partial charge on any atom is -0.377 e. The first-order valence-electron chi connectivity index (χ1n) is 4.50. The number of aromatic nitrogens is 2. The third kappa shape index (κ3) is 1.97. The Hall–Kier alpha value is -0.680. The van der Waals surface area contributed by atoms with Crippen LogP contribution < -0.4 is 5.32 Å². The molecule has 1 heterocycles. The van der Waals surface area contributed by atoms with Crippen molar-refractivity contribution in [3.8, 4) is 0 Å². The fourth-order valence-corrected chi connectivity index (χ4v) is 1.74. The number of hydrogen-bond acceptors (Lipinski definition) is 5. The third-order valence-electron chi connectivity index (χ3n) is 2.29. The zero-order valence-electron chi connectivity index (χ0n) is 7.62. The van der Waals surface area contributed by atoms with Crippen LogP contribution in [-0.2, 0) is 11.3 Å². The Kier molecular flexibility index (Phi) is 2.75. The second-order valence-corrected chi connectivity index (χ2v) is 3.92. The molecular formula is C8H13N3OS. The average Bonchev–Trinajstić information content (AvgIpc) is 2.49. The van der Waals surface area contributed by atoms with Crippen LogP contribution in [0.3, 0.4) is 0 Å². The quantitative estimate of drug-likeness (QED) is 0.801. The van der Waals surface area contributed by atoms with Crippen molar-refractivity contribution in [1.29, 1.82) is 0 Å². The molecule has 13 heavy (non-hydrogen) atoms. The van der Waals surface area contributed by atoms with Gasteiger partial charge in [-0.15, -0.1) is 5.10 Å². The van der Waals surface area contributed by atoms with E-state index in [0.717, 1.165) is 10.7 Å². The van der Waals surface area contributed by atoms with Crippen molar-refractivity contribution in [1.82, 2.24) is 9.59 Å². The van der Waals surface area contributed by atoms with Crippen LogP contribution in [0.4, 0.5) is 5.00 Å². The van der Waals surface area contributed by atoms with Crippen molar-refractivity contribution in [2.45, 2.75) is 32.0 Å². The van der Waals surface area contributed by atoms with Gasteiger partial charge in [-0.1, -0.05) is 4.49 Å². The Morgan fingerprint density at radius 3 is 3.08 bits per heavy atom. The molecule has 1 aliphatic rings. The summed E-state index contributed by atoms with van der Waals surface area (Å²) in [6.45, 7) is 0.595. The standard InChI is InChI=1S/C8H13N3OS/c1-9-8-7(10-11-13-8)5-12-6-3-2-4-6/h6,9H,2-5H2,1H3. The van der Waals surface area contributed by atoms with Crippen LogP contribution in [0.2, 0.25) is 0 Å². The number of rotatable bonds is 4. The number of nitrogens with zero attached hydrogens (tertiary/aromatic N) is 2. The van der Waals surface area contributed by atoms with E-state index in [4.69, 9.17) is 4.74 Å². The number of nitrogens with one attached hydrogen (secondary N) is 1. The Morgan fingerprint density at radius 2 is 2.46 bits per heavy atom. The monoisotopic (exact) mass is 199 g/mol. The van der Waals surface area contributed by atoms with Gasteiger partial charge in [-0.25, -0.2) is 0 Å². The van der Waals surface area contributed by atoms with E-state index < -0.39 is 0 Å². The molecule has 0 aromatic carbocycles. The fraction of sp³-hybridized carbons (Fsp3) is 0.750. The molecule has 0 aliphatic heterocycles. The van der Waals surface area contributed by atoms with Crippen molar-refractivity contribution in [3.63, 3.8) is 0 Å². The summed E-state index contributed by atoms with van der Waals surface area (Å²) in [6, 6.07) is 0. The molecule has 1 aliphatic carbocycles. The third-order valence-corrected chi connectivity index (χ3v) is 3.08. The summed E-state index contributed by atoms with van der Waals surface area (Å²) in [5.41, 5.74) is 0.930. The molecule has 1 N–H and O–H groups in total. The van der Waals surface area contributed by atoms with Crippen LogP contribution in [0.1, 0.15) is 25.0 Å². The van der Waals surface area contributed by atoms with Gasteiger partial charge in [0.1, 0.15) is 10.7 Å². The minimum absolute atomic E-state index is 0.464. The van der Waals surface area contributed by atoms with Crippen molar-refractivity contribution in [3.05, 3.63) is 5.69 Å². The lowest BCUT2D eigenvalue weighted by Crippen LogP contribution is -2.21. The highest BCUT2D eigenvalue weighted by atomic mass is 32.1. The molecule has 5 heteroatoms. The zero-order valence-corrected chi connectivity index (χ0v) is 8.43. The van der Waals surface area contributed by atoms with Crippen molar-refractivity contribution in [2.24, 2.45) is 0 Å². The maximum atomic E-state index is 5.63. The molecule has 72 valence electrons. The number of anilines is 1. The highest BCUT2D eigenvalue weighted by Gasteiger charge is 2.18. The zero-order chi connectivity index (χ0) is 9.10. The summed E-state index contributed by atoms with van der Waals surface area (Å²) in [6.07, 6.45) is 4.17. The molecule has 0 bridgehead atoms.